The van der Waals surface area contributed by atoms with Gasteiger partial charge in [-0.3, -0.25) is 0 Å². The number of ether oxygens (including phenoxy) is 2. The molecule has 0 bridgehead atoms. The highest BCUT2D eigenvalue weighted by atomic mass is 16.6. The maximum Gasteiger partial charge on any atom is 0.346 e. The lowest BCUT2D eigenvalue weighted by atomic mass is 10.00. The second-order valence-corrected chi connectivity index (χ2v) is 4.25. The maximum atomic E-state index is 11.8. The Morgan fingerprint density at radius 2 is 2.15 bits per heavy atom. The summed E-state index contributed by atoms with van der Waals surface area (Å²) in [4.78, 5) is 33.8. The van der Waals surface area contributed by atoms with Crippen LogP contribution in [0.2, 0.25) is 0 Å². The Balaban J connectivity index is 2.29. The number of hydrogen-bond acceptors (Lipinski definition) is 5. The Labute approximate surface area is 114 Å². The van der Waals surface area contributed by atoms with Gasteiger partial charge in [-0.15, -0.1) is 0 Å². The maximum absolute atomic E-state index is 11.8. The molecule has 1 saturated heterocycles. The van der Waals surface area contributed by atoms with Crippen molar-refractivity contribution in [2.45, 2.75) is 12.5 Å². The molecule has 6 nitrogen and oxygen atoms in total. The van der Waals surface area contributed by atoms with Gasteiger partial charge in [0.2, 0.25) is 0 Å². The first-order valence-corrected chi connectivity index (χ1v) is 5.87. The Morgan fingerprint density at radius 3 is 2.70 bits per heavy atom. The summed E-state index contributed by atoms with van der Waals surface area (Å²) < 4.78 is 9.61. The minimum absolute atomic E-state index is 0.0271. The molecule has 0 amide bonds. The number of esters is 2. The second kappa shape index (κ2) is 5.66. The summed E-state index contributed by atoms with van der Waals surface area (Å²) in [5.74, 6) is -2.78. The van der Waals surface area contributed by atoms with Crippen molar-refractivity contribution >= 4 is 17.9 Å². The van der Waals surface area contributed by atoms with Gasteiger partial charge in [-0.1, -0.05) is 6.58 Å². The smallest absolute Gasteiger partial charge is 0.346 e. The zero-order valence-electron chi connectivity index (χ0n) is 10.5. The van der Waals surface area contributed by atoms with Crippen LogP contribution < -0.4 is 0 Å². The van der Waals surface area contributed by atoms with Crippen LogP contribution in [0.3, 0.4) is 0 Å². The van der Waals surface area contributed by atoms with E-state index in [1.807, 2.05) is 0 Å². The lowest BCUT2D eigenvalue weighted by molar-refractivity contribution is -0.132. The highest BCUT2D eigenvalue weighted by Crippen LogP contribution is 2.21. The Morgan fingerprint density at radius 1 is 1.45 bits per heavy atom. The van der Waals surface area contributed by atoms with Crippen molar-refractivity contribution < 1.29 is 29.0 Å². The number of aromatic carboxylic acids is 1. The molecule has 1 heterocycles. The minimum Gasteiger partial charge on any atom is -0.478 e. The number of epoxide rings is 1. The number of rotatable bonds is 5. The van der Waals surface area contributed by atoms with Crippen LogP contribution in [0.25, 0.3) is 0 Å². The third-order valence-electron chi connectivity index (χ3n) is 2.78. The number of carboxylic acid groups (broad SMARTS) is 1. The van der Waals surface area contributed by atoms with E-state index in [1.54, 1.807) is 0 Å². The fraction of sp³-hybridized carbons (Fsp3) is 0.214. The average Bonchev–Trinajstić information content (AvgIpc) is 3.22. The van der Waals surface area contributed by atoms with E-state index in [0.717, 1.165) is 6.08 Å². The first-order chi connectivity index (χ1) is 9.51. The molecule has 0 saturated carbocycles. The molecule has 1 fully saturated rings. The topological polar surface area (TPSA) is 93.2 Å². The monoisotopic (exact) mass is 276 g/mol. The highest BCUT2D eigenvalue weighted by Gasteiger charge is 2.26. The summed E-state index contributed by atoms with van der Waals surface area (Å²) >= 11 is 0. The van der Waals surface area contributed by atoms with Crippen LogP contribution in [-0.2, 0) is 20.7 Å². The Bertz CT molecular complexity index is 585. The van der Waals surface area contributed by atoms with Crippen LogP contribution in [-0.4, -0.2) is 35.7 Å². The van der Waals surface area contributed by atoms with Gasteiger partial charge in [-0.25, -0.2) is 14.4 Å². The third kappa shape index (κ3) is 3.30. The summed E-state index contributed by atoms with van der Waals surface area (Å²) in [5.41, 5.74) is 0.696. The van der Waals surface area contributed by atoms with Gasteiger partial charge in [0.1, 0.15) is 0 Å². The third-order valence-corrected chi connectivity index (χ3v) is 2.78. The van der Waals surface area contributed by atoms with Crippen molar-refractivity contribution in [3.63, 3.8) is 0 Å². The lowest BCUT2D eigenvalue weighted by Crippen LogP contribution is -2.14. The number of carboxylic acids is 1. The molecule has 0 spiro atoms. The zero-order chi connectivity index (χ0) is 14.7. The Hall–Kier alpha value is -2.47. The summed E-state index contributed by atoms with van der Waals surface area (Å²) in [6.45, 7) is 3.77. The molecule has 0 radical (unpaired) electrons. The van der Waals surface area contributed by atoms with Crippen LogP contribution in [0.5, 0.6) is 0 Å². The minimum atomic E-state index is -1.09. The van der Waals surface area contributed by atoms with Crippen LogP contribution in [0.15, 0.2) is 30.9 Å². The van der Waals surface area contributed by atoms with Crippen molar-refractivity contribution in [2.75, 3.05) is 6.61 Å². The molecule has 1 aliphatic heterocycles. The number of carbonyl (C=O) groups is 3. The number of carbonyl (C=O) groups excluding carboxylic acids is 2. The zero-order valence-corrected chi connectivity index (χ0v) is 10.5. The molecule has 0 aromatic heterocycles. The summed E-state index contributed by atoms with van der Waals surface area (Å²) in [6.07, 6.45) is 1.25. The summed E-state index contributed by atoms with van der Waals surface area (Å²) in [5, 5.41) is 8.96. The fourth-order valence-electron chi connectivity index (χ4n) is 1.71. The molecule has 0 aliphatic carbocycles. The molecule has 6 heteroatoms. The van der Waals surface area contributed by atoms with E-state index in [9.17, 15) is 14.4 Å². The molecule has 104 valence electrons. The molecule has 2 rings (SSSR count). The number of hydrogen-bond donors (Lipinski definition) is 1. The molecule has 1 N–H and O–H groups in total. The highest BCUT2D eigenvalue weighted by molar-refractivity contribution is 6.01. The average molecular weight is 276 g/mol. The Kier molecular flexibility index (Phi) is 3.95. The van der Waals surface area contributed by atoms with Crippen LogP contribution in [0.1, 0.15) is 26.3 Å². The largest absolute Gasteiger partial charge is 0.478 e. The van der Waals surface area contributed by atoms with Gasteiger partial charge >= 0.3 is 17.9 Å². The van der Waals surface area contributed by atoms with E-state index >= 15 is 0 Å². The van der Waals surface area contributed by atoms with E-state index < -0.39 is 17.9 Å². The van der Waals surface area contributed by atoms with Gasteiger partial charge in [0.15, 0.2) is 0 Å². The van der Waals surface area contributed by atoms with Gasteiger partial charge in [0.05, 0.1) is 23.8 Å². The van der Waals surface area contributed by atoms with E-state index in [-0.39, 0.29) is 17.2 Å². The SMILES string of the molecule is C=CC(=O)OC(=O)c1ccc(C(=O)O)cc1CC1CO1. The predicted molar refractivity (Wildman–Crippen MR) is 67.5 cm³/mol. The van der Waals surface area contributed by atoms with Crippen molar-refractivity contribution in [3.05, 3.63) is 47.5 Å². The van der Waals surface area contributed by atoms with Crippen molar-refractivity contribution in [1.29, 1.82) is 0 Å². The van der Waals surface area contributed by atoms with E-state index in [1.165, 1.54) is 18.2 Å². The van der Waals surface area contributed by atoms with Crippen LogP contribution >= 0.6 is 0 Å². The van der Waals surface area contributed by atoms with Crippen molar-refractivity contribution in [1.82, 2.24) is 0 Å². The molecule has 1 atom stereocenters. The molecule has 1 aromatic rings. The second-order valence-electron chi connectivity index (χ2n) is 4.25. The van der Waals surface area contributed by atoms with Gasteiger partial charge in [0, 0.05) is 12.5 Å². The molecule has 1 aromatic carbocycles. The van der Waals surface area contributed by atoms with E-state index in [2.05, 4.69) is 11.3 Å². The normalized spacial score (nSPS) is 16.3. The molecule has 1 unspecified atom stereocenters. The van der Waals surface area contributed by atoms with Gasteiger partial charge < -0.3 is 14.6 Å². The quantitative estimate of drug-likeness (QED) is 0.376. The van der Waals surface area contributed by atoms with Gasteiger partial charge in [-0.2, -0.15) is 0 Å². The fourth-order valence-corrected chi connectivity index (χ4v) is 1.71. The molecular formula is C14H12O6. The predicted octanol–water partition coefficient (Wildman–Crippen LogP) is 1.20. The van der Waals surface area contributed by atoms with Crippen molar-refractivity contribution in [3.8, 4) is 0 Å². The van der Waals surface area contributed by atoms with Crippen LogP contribution in [0.4, 0.5) is 0 Å². The van der Waals surface area contributed by atoms with Gasteiger partial charge in [0.25, 0.3) is 0 Å². The van der Waals surface area contributed by atoms with Gasteiger partial charge in [-0.05, 0) is 23.8 Å². The number of benzene rings is 1. The van der Waals surface area contributed by atoms with Crippen molar-refractivity contribution in [2.24, 2.45) is 0 Å². The molecule has 20 heavy (non-hydrogen) atoms. The van der Waals surface area contributed by atoms with E-state index in [4.69, 9.17) is 9.84 Å². The van der Waals surface area contributed by atoms with E-state index in [0.29, 0.717) is 18.6 Å². The van der Waals surface area contributed by atoms with Crippen LogP contribution in [0, 0.1) is 0 Å². The lowest BCUT2D eigenvalue weighted by Gasteiger charge is -2.08. The summed E-state index contributed by atoms with van der Waals surface area (Å²) in [6, 6.07) is 4.01. The first-order valence-electron chi connectivity index (χ1n) is 5.87. The first kappa shape index (κ1) is 14.0. The standard InChI is InChI=1S/C14H12O6/c1-2-12(15)20-14(18)11-4-3-8(13(16)17)5-9(11)6-10-7-19-10/h2-5,10H,1,6-7H2,(H,16,17). The molecule has 1 aliphatic rings. The molecular weight excluding hydrogens is 264 g/mol. The summed E-state index contributed by atoms with van der Waals surface area (Å²) in [7, 11) is 0.